The summed E-state index contributed by atoms with van der Waals surface area (Å²) in [4.78, 5) is 10.8. The van der Waals surface area contributed by atoms with E-state index in [-0.39, 0.29) is 19.6 Å². The number of rotatable bonds is 16. The van der Waals surface area contributed by atoms with Gasteiger partial charge >= 0.3 is 5.97 Å². The van der Waals surface area contributed by atoms with Gasteiger partial charge in [0.25, 0.3) is 0 Å². The first kappa shape index (κ1) is 22.1. The Morgan fingerprint density at radius 3 is 2.22 bits per heavy atom. The zero-order chi connectivity index (χ0) is 17.4. The molecule has 0 aromatic carbocycles. The Morgan fingerprint density at radius 2 is 1.65 bits per heavy atom. The fourth-order valence-electron chi connectivity index (χ4n) is 2.49. The van der Waals surface area contributed by atoms with Gasteiger partial charge in [0, 0.05) is 6.61 Å². The molecule has 0 aliphatic carbocycles. The number of nitrogens with zero attached hydrogens (tertiary/aromatic N) is 1. The third-order valence-electron chi connectivity index (χ3n) is 3.94. The van der Waals surface area contributed by atoms with E-state index in [1.165, 1.54) is 6.42 Å². The first-order chi connectivity index (χ1) is 11.1. The maximum Gasteiger partial charge on any atom is 0.309 e. The standard InChI is InChI=1S/C17H33NO5/c1-2-3-4-5-6-7-15-23-16-12-18(10-13-19,11-14-20)9-8-17(21)22/h4-5,19-20H,2-3,6-16H2,1H3/p+1/b5-4+. The molecule has 0 aliphatic heterocycles. The van der Waals surface area contributed by atoms with Crippen molar-refractivity contribution < 1.29 is 29.3 Å². The molecule has 0 saturated carbocycles. The summed E-state index contributed by atoms with van der Waals surface area (Å²) in [5.74, 6) is -0.858. The van der Waals surface area contributed by atoms with Crippen molar-refractivity contribution >= 4 is 5.97 Å². The van der Waals surface area contributed by atoms with Crippen molar-refractivity contribution in [3.8, 4) is 0 Å². The van der Waals surface area contributed by atoms with Gasteiger partial charge in [-0.1, -0.05) is 25.5 Å². The predicted molar refractivity (Wildman–Crippen MR) is 90.3 cm³/mol. The average molecular weight is 332 g/mol. The number of quaternary nitrogens is 1. The van der Waals surface area contributed by atoms with Crippen LogP contribution in [0.2, 0.25) is 0 Å². The molecule has 0 bridgehead atoms. The lowest BCUT2D eigenvalue weighted by Gasteiger charge is -2.37. The smallest absolute Gasteiger partial charge is 0.309 e. The van der Waals surface area contributed by atoms with Gasteiger partial charge in [-0.25, -0.2) is 0 Å². The number of unbranched alkanes of at least 4 members (excludes halogenated alkanes) is 2. The van der Waals surface area contributed by atoms with Crippen molar-refractivity contribution in [3.05, 3.63) is 12.2 Å². The molecule has 0 aromatic heterocycles. The van der Waals surface area contributed by atoms with Crippen molar-refractivity contribution in [2.75, 3.05) is 52.6 Å². The number of hydrogen-bond donors (Lipinski definition) is 3. The van der Waals surface area contributed by atoms with Crippen LogP contribution in [-0.2, 0) is 9.53 Å². The number of carboxylic acid groups (broad SMARTS) is 1. The van der Waals surface area contributed by atoms with Crippen molar-refractivity contribution in [1.29, 1.82) is 0 Å². The normalized spacial score (nSPS) is 12.1. The lowest BCUT2D eigenvalue weighted by atomic mass is 10.2. The van der Waals surface area contributed by atoms with Crippen LogP contribution in [0.25, 0.3) is 0 Å². The highest BCUT2D eigenvalue weighted by atomic mass is 16.5. The molecule has 6 heteroatoms. The summed E-state index contributed by atoms with van der Waals surface area (Å²) in [6, 6.07) is 0. The third kappa shape index (κ3) is 12.2. The van der Waals surface area contributed by atoms with Crippen LogP contribution >= 0.6 is 0 Å². The Hall–Kier alpha value is -0.950. The van der Waals surface area contributed by atoms with Gasteiger partial charge in [0.05, 0.1) is 32.8 Å². The number of carbonyl (C=O) groups is 1. The molecule has 0 fully saturated rings. The molecule has 0 saturated heterocycles. The number of aliphatic hydroxyl groups is 2. The van der Waals surface area contributed by atoms with E-state index in [0.717, 1.165) is 19.3 Å². The molecule has 23 heavy (non-hydrogen) atoms. The van der Waals surface area contributed by atoms with Crippen LogP contribution in [-0.4, -0.2) is 78.4 Å². The Bertz CT molecular complexity index is 314. The maximum atomic E-state index is 10.8. The molecular formula is C17H34NO5+. The molecule has 0 atom stereocenters. The maximum absolute atomic E-state index is 10.8. The average Bonchev–Trinajstić information content (AvgIpc) is 2.52. The summed E-state index contributed by atoms with van der Waals surface area (Å²) in [5.41, 5.74) is 0. The fraction of sp³-hybridized carbons (Fsp3) is 0.824. The molecular weight excluding hydrogens is 298 g/mol. The number of aliphatic carboxylic acids is 1. The minimum atomic E-state index is -0.858. The molecule has 136 valence electrons. The second-order valence-electron chi connectivity index (χ2n) is 5.84. The van der Waals surface area contributed by atoms with Crippen LogP contribution in [0.3, 0.4) is 0 Å². The molecule has 0 aromatic rings. The zero-order valence-electron chi connectivity index (χ0n) is 14.5. The molecule has 3 N–H and O–H groups in total. The van der Waals surface area contributed by atoms with Crippen LogP contribution in [0.1, 0.15) is 39.0 Å². The van der Waals surface area contributed by atoms with Crippen molar-refractivity contribution in [1.82, 2.24) is 0 Å². The zero-order valence-corrected chi connectivity index (χ0v) is 14.5. The molecule has 0 radical (unpaired) electrons. The van der Waals surface area contributed by atoms with Crippen molar-refractivity contribution in [3.63, 3.8) is 0 Å². The number of hydrogen-bond acceptors (Lipinski definition) is 4. The van der Waals surface area contributed by atoms with E-state index in [0.29, 0.717) is 43.9 Å². The number of allylic oxidation sites excluding steroid dienone is 2. The van der Waals surface area contributed by atoms with E-state index >= 15 is 0 Å². The second-order valence-corrected chi connectivity index (χ2v) is 5.84. The monoisotopic (exact) mass is 332 g/mol. The van der Waals surface area contributed by atoms with Gasteiger partial charge in [-0.2, -0.15) is 0 Å². The topological polar surface area (TPSA) is 87.0 Å². The summed E-state index contributed by atoms with van der Waals surface area (Å²) in [6.45, 7) is 5.18. The minimum Gasteiger partial charge on any atom is -0.481 e. The van der Waals surface area contributed by atoms with Crippen LogP contribution in [0.15, 0.2) is 12.2 Å². The van der Waals surface area contributed by atoms with Crippen LogP contribution in [0.5, 0.6) is 0 Å². The van der Waals surface area contributed by atoms with Gasteiger partial charge in [-0.05, 0) is 19.3 Å². The highest BCUT2D eigenvalue weighted by Crippen LogP contribution is 2.08. The third-order valence-corrected chi connectivity index (χ3v) is 3.94. The summed E-state index contributed by atoms with van der Waals surface area (Å²) in [6.07, 6.45) is 8.66. The number of carboxylic acids is 1. The van der Waals surface area contributed by atoms with Crippen LogP contribution < -0.4 is 0 Å². The molecule has 0 amide bonds. The predicted octanol–water partition coefficient (Wildman–Crippen LogP) is 1.42. The quantitative estimate of drug-likeness (QED) is 0.226. The Kier molecular flexibility index (Phi) is 14.0. The SMILES string of the molecule is CCC/C=C/CCCOCC[N+](CCO)(CCO)CCC(=O)O. The Morgan fingerprint density at radius 1 is 1.00 bits per heavy atom. The van der Waals surface area contributed by atoms with E-state index in [2.05, 4.69) is 19.1 Å². The van der Waals surface area contributed by atoms with Gasteiger partial charge in [-0.15, -0.1) is 0 Å². The Balaban J connectivity index is 4.09. The number of ether oxygens (including phenoxy) is 1. The van der Waals surface area contributed by atoms with Crippen molar-refractivity contribution in [2.45, 2.75) is 39.0 Å². The van der Waals surface area contributed by atoms with Gasteiger partial charge in [0.1, 0.15) is 19.6 Å². The molecule has 0 unspecified atom stereocenters. The number of aliphatic hydroxyl groups excluding tert-OH is 2. The first-order valence-corrected chi connectivity index (χ1v) is 8.61. The lowest BCUT2D eigenvalue weighted by molar-refractivity contribution is -0.928. The van der Waals surface area contributed by atoms with E-state index in [9.17, 15) is 15.0 Å². The molecule has 6 nitrogen and oxygen atoms in total. The first-order valence-electron chi connectivity index (χ1n) is 8.61. The fourth-order valence-corrected chi connectivity index (χ4v) is 2.49. The summed E-state index contributed by atoms with van der Waals surface area (Å²) in [5, 5.41) is 27.4. The highest BCUT2D eigenvalue weighted by Gasteiger charge is 2.27. The highest BCUT2D eigenvalue weighted by molar-refractivity contribution is 5.66. The molecule has 0 spiro atoms. The lowest BCUT2D eigenvalue weighted by Crippen LogP contribution is -2.54. The van der Waals surface area contributed by atoms with Crippen LogP contribution in [0, 0.1) is 0 Å². The summed E-state index contributed by atoms with van der Waals surface area (Å²) in [7, 11) is 0. The van der Waals surface area contributed by atoms with E-state index < -0.39 is 5.97 Å². The van der Waals surface area contributed by atoms with Crippen molar-refractivity contribution in [2.24, 2.45) is 0 Å². The van der Waals surface area contributed by atoms with E-state index in [1.54, 1.807) is 0 Å². The largest absolute Gasteiger partial charge is 0.481 e. The van der Waals surface area contributed by atoms with E-state index in [4.69, 9.17) is 9.84 Å². The Labute approximate surface area is 140 Å². The molecule has 0 rings (SSSR count). The summed E-state index contributed by atoms with van der Waals surface area (Å²) < 4.78 is 6.02. The van der Waals surface area contributed by atoms with Gasteiger partial charge in [0.15, 0.2) is 0 Å². The van der Waals surface area contributed by atoms with Gasteiger partial charge in [-0.3, -0.25) is 4.79 Å². The van der Waals surface area contributed by atoms with E-state index in [1.807, 2.05) is 0 Å². The van der Waals surface area contributed by atoms with Gasteiger partial charge < -0.3 is 24.5 Å². The molecule has 0 aliphatic rings. The van der Waals surface area contributed by atoms with Crippen LogP contribution in [0.4, 0.5) is 0 Å². The van der Waals surface area contributed by atoms with Gasteiger partial charge in [0.2, 0.25) is 0 Å². The molecule has 0 heterocycles. The minimum absolute atomic E-state index is 0.0260. The second kappa shape index (κ2) is 14.6. The summed E-state index contributed by atoms with van der Waals surface area (Å²) >= 11 is 0.